The van der Waals surface area contributed by atoms with Gasteiger partial charge in [-0.3, -0.25) is 9.69 Å². The first-order valence-electron chi connectivity index (χ1n) is 5.30. The van der Waals surface area contributed by atoms with E-state index in [0.29, 0.717) is 12.6 Å². The van der Waals surface area contributed by atoms with Gasteiger partial charge in [-0.2, -0.15) is 0 Å². The van der Waals surface area contributed by atoms with Gasteiger partial charge >= 0.3 is 0 Å². The lowest BCUT2D eigenvalue weighted by molar-refractivity contribution is 0.0893. The van der Waals surface area contributed by atoms with E-state index in [2.05, 4.69) is 4.90 Å². The third kappa shape index (κ3) is 1.68. The van der Waals surface area contributed by atoms with Crippen LogP contribution in [0, 0.1) is 0 Å². The van der Waals surface area contributed by atoms with E-state index in [-0.39, 0.29) is 5.78 Å². The normalized spacial score (nSPS) is 21.5. The predicted octanol–water partition coefficient (Wildman–Crippen LogP) is 2.50. The fourth-order valence-corrected chi connectivity index (χ4v) is 2.40. The number of nitrogens with zero attached hydrogens (tertiary/aromatic N) is 1. The number of hydrogen-bond acceptors (Lipinski definition) is 2. The van der Waals surface area contributed by atoms with Crippen molar-refractivity contribution < 1.29 is 4.79 Å². The number of ketones is 1. The molecule has 78 valence electrons. The molecule has 1 fully saturated rings. The smallest absolute Gasteiger partial charge is 0.177 e. The van der Waals surface area contributed by atoms with Gasteiger partial charge in [-0.05, 0) is 36.6 Å². The molecule has 1 heterocycles. The summed E-state index contributed by atoms with van der Waals surface area (Å²) in [6.45, 7) is 1.46. The van der Waals surface area contributed by atoms with Crippen LogP contribution >= 0.6 is 11.6 Å². The number of rotatable bonds is 1. The molecular formula is C12H12ClNO. The maximum atomic E-state index is 11.9. The van der Waals surface area contributed by atoms with Crippen molar-refractivity contribution in [3.63, 3.8) is 0 Å². The van der Waals surface area contributed by atoms with Gasteiger partial charge in [-0.1, -0.05) is 11.6 Å². The first kappa shape index (κ1) is 9.37. The molecular weight excluding hydrogens is 210 g/mol. The van der Waals surface area contributed by atoms with Gasteiger partial charge in [0.2, 0.25) is 0 Å². The van der Waals surface area contributed by atoms with Crippen molar-refractivity contribution in [2.24, 2.45) is 0 Å². The number of fused-ring (bicyclic) bond motifs is 1. The average Bonchev–Trinajstić information content (AvgIpc) is 2.99. The fraction of sp³-hybridized carbons (Fsp3) is 0.417. The molecule has 1 aliphatic carbocycles. The largest absolute Gasteiger partial charge is 0.293 e. The Morgan fingerprint density at radius 3 is 2.80 bits per heavy atom. The molecule has 1 aromatic rings. The van der Waals surface area contributed by atoms with Crippen LogP contribution < -0.4 is 0 Å². The second-order valence-corrected chi connectivity index (χ2v) is 4.80. The molecule has 2 nitrogen and oxygen atoms in total. The Hall–Kier alpha value is -0.860. The van der Waals surface area contributed by atoms with Crippen LogP contribution in [0.3, 0.4) is 0 Å². The van der Waals surface area contributed by atoms with Gasteiger partial charge in [0.25, 0.3) is 0 Å². The van der Waals surface area contributed by atoms with Crippen LogP contribution in [0.1, 0.15) is 28.8 Å². The minimum atomic E-state index is 0.236. The van der Waals surface area contributed by atoms with Crippen molar-refractivity contribution in [2.45, 2.75) is 25.4 Å². The van der Waals surface area contributed by atoms with Gasteiger partial charge in [0.15, 0.2) is 5.78 Å². The standard InChI is InChI=1S/C12H12ClNO/c13-9-1-4-11-8(5-9)6-14(7-12(11)15)10-2-3-10/h1,4-5,10H,2-3,6-7H2. The van der Waals surface area contributed by atoms with Crippen molar-refractivity contribution in [3.8, 4) is 0 Å². The summed E-state index contributed by atoms with van der Waals surface area (Å²) in [5.41, 5.74) is 1.95. The van der Waals surface area contributed by atoms with Gasteiger partial charge < -0.3 is 0 Å². The molecule has 0 radical (unpaired) electrons. The lowest BCUT2D eigenvalue weighted by Gasteiger charge is -2.27. The molecule has 0 saturated heterocycles. The highest BCUT2D eigenvalue weighted by atomic mass is 35.5. The molecule has 0 bridgehead atoms. The van der Waals surface area contributed by atoms with Crippen LogP contribution in [-0.4, -0.2) is 23.3 Å². The zero-order valence-corrected chi connectivity index (χ0v) is 9.13. The zero-order valence-electron chi connectivity index (χ0n) is 8.37. The summed E-state index contributed by atoms with van der Waals surface area (Å²) in [6, 6.07) is 6.21. The van der Waals surface area contributed by atoms with Gasteiger partial charge in [0.1, 0.15) is 0 Å². The second kappa shape index (κ2) is 3.32. The van der Waals surface area contributed by atoms with Gasteiger partial charge in [-0.15, -0.1) is 0 Å². The Bertz CT molecular complexity index is 426. The maximum absolute atomic E-state index is 11.9. The monoisotopic (exact) mass is 221 g/mol. The lowest BCUT2D eigenvalue weighted by atomic mass is 9.99. The van der Waals surface area contributed by atoms with E-state index in [4.69, 9.17) is 11.6 Å². The maximum Gasteiger partial charge on any atom is 0.177 e. The molecule has 1 aliphatic heterocycles. The summed E-state index contributed by atoms with van der Waals surface area (Å²) in [7, 11) is 0. The van der Waals surface area contributed by atoms with Crippen LogP contribution in [0.15, 0.2) is 18.2 Å². The molecule has 0 spiro atoms. The SMILES string of the molecule is O=C1CN(C2CC2)Cc2cc(Cl)ccc21. The van der Waals surface area contributed by atoms with Crippen LogP contribution in [0.2, 0.25) is 5.02 Å². The highest BCUT2D eigenvalue weighted by Gasteiger charge is 2.34. The highest BCUT2D eigenvalue weighted by molar-refractivity contribution is 6.30. The summed E-state index contributed by atoms with van der Waals surface area (Å²) < 4.78 is 0. The number of carbonyl (C=O) groups excluding carboxylic acids is 1. The molecule has 15 heavy (non-hydrogen) atoms. The van der Waals surface area contributed by atoms with Crippen LogP contribution in [0.25, 0.3) is 0 Å². The summed E-state index contributed by atoms with van der Waals surface area (Å²) in [5, 5.41) is 0.721. The fourth-order valence-electron chi connectivity index (χ4n) is 2.21. The molecule has 0 atom stereocenters. The summed E-state index contributed by atoms with van der Waals surface area (Å²) in [5.74, 6) is 0.236. The number of Topliss-reactive ketones (excluding diaryl/α,β-unsaturated/α-hetero) is 1. The summed E-state index contributed by atoms with van der Waals surface area (Å²) in [6.07, 6.45) is 2.48. The van der Waals surface area contributed by atoms with Crippen molar-refractivity contribution in [1.29, 1.82) is 0 Å². The van der Waals surface area contributed by atoms with E-state index in [0.717, 1.165) is 22.7 Å². The van der Waals surface area contributed by atoms with Crippen LogP contribution in [0.4, 0.5) is 0 Å². The number of carbonyl (C=O) groups is 1. The van der Waals surface area contributed by atoms with Crippen molar-refractivity contribution >= 4 is 17.4 Å². The minimum absolute atomic E-state index is 0.236. The van der Waals surface area contributed by atoms with Gasteiger partial charge in [-0.25, -0.2) is 0 Å². The Morgan fingerprint density at radius 2 is 2.07 bits per heavy atom. The summed E-state index contributed by atoms with van der Waals surface area (Å²) >= 11 is 5.94. The molecule has 3 heteroatoms. The van der Waals surface area contributed by atoms with Crippen molar-refractivity contribution in [3.05, 3.63) is 34.3 Å². The zero-order chi connectivity index (χ0) is 10.4. The van der Waals surface area contributed by atoms with Gasteiger partial charge in [0.05, 0.1) is 6.54 Å². The quantitative estimate of drug-likeness (QED) is 0.726. The number of halogens is 1. The van der Waals surface area contributed by atoms with Crippen LogP contribution in [0.5, 0.6) is 0 Å². The van der Waals surface area contributed by atoms with Crippen LogP contribution in [-0.2, 0) is 6.54 Å². The number of benzene rings is 1. The predicted molar refractivity (Wildman–Crippen MR) is 59.2 cm³/mol. The Kier molecular flexibility index (Phi) is 2.08. The molecule has 1 saturated carbocycles. The Labute approximate surface area is 93.8 Å². The topological polar surface area (TPSA) is 20.3 Å². The molecule has 0 amide bonds. The first-order valence-corrected chi connectivity index (χ1v) is 5.67. The molecule has 0 unspecified atom stereocenters. The Balaban J connectivity index is 1.97. The second-order valence-electron chi connectivity index (χ2n) is 4.36. The molecule has 3 rings (SSSR count). The Morgan fingerprint density at radius 1 is 1.27 bits per heavy atom. The van der Waals surface area contributed by atoms with E-state index in [1.54, 1.807) is 6.07 Å². The van der Waals surface area contributed by atoms with E-state index < -0.39 is 0 Å². The third-order valence-corrected chi connectivity index (χ3v) is 3.39. The first-order chi connectivity index (χ1) is 7.24. The highest BCUT2D eigenvalue weighted by Crippen LogP contribution is 2.32. The molecule has 0 N–H and O–H groups in total. The summed E-state index contributed by atoms with van der Waals surface area (Å²) in [4.78, 5) is 14.1. The lowest BCUT2D eigenvalue weighted by Crippen LogP contribution is -2.36. The van der Waals surface area contributed by atoms with E-state index in [1.165, 1.54) is 12.8 Å². The molecule has 2 aliphatic rings. The molecule has 0 aromatic heterocycles. The van der Waals surface area contributed by atoms with E-state index in [9.17, 15) is 4.79 Å². The van der Waals surface area contributed by atoms with E-state index in [1.807, 2.05) is 12.1 Å². The average molecular weight is 222 g/mol. The minimum Gasteiger partial charge on any atom is -0.293 e. The number of hydrogen-bond donors (Lipinski definition) is 0. The molecule has 1 aromatic carbocycles. The van der Waals surface area contributed by atoms with Crippen molar-refractivity contribution in [2.75, 3.05) is 6.54 Å². The van der Waals surface area contributed by atoms with Crippen molar-refractivity contribution in [1.82, 2.24) is 4.90 Å². The third-order valence-electron chi connectivity index (χ3n) is 3.15. The van der Waals surface area contributed by atoms with E-state index >= 15 is 0 Å². The van der Waals surface area contributed by atoms with Gasteiger partial charge in [0, 0.05) is 23.2 Å².